The Morgan fingerprint density at radius 1 is 1.37 bits per heavy atom. The van der Waals surface area contributed by atoms with Crippen molar-refractivity contribution in [2.45, 2.75) is 51.7 Å². The largest absolute Gasteiger partial charge is 0.384 e. The van der Waals surface area contributed by atoms with Gasteiger partial charge in [0.1, 0.15) is 0 Å². The summed E-state index contributed by atoms with van der Waals surface area (Å²) in [4.78, 5) is 12.6. The van der Waals surface area contributed by atoms with E-state index in [0.717, 1.165) is 30.0 Å². The number of nitrogens with one attached hydrogen (secondary N) is 1. The van der Waals surface area contributed by atoms with Crippen LogP contribution in [0.5, 0.6) is 0 Å². The van der Waals surface area contributed by atoms with Crippen molar-refractivity contribution in [3.05, 3.63) is 34.9 Å². The Kier molecular flexibility index (Phi) is 5.02. The molecular weight excluding hydrogens is 362 g/mol. The summed E-state index contributed by atoms with van der Waals surface area (Å²) >= 11 is 6.52. The second-order valence-electron chi connectivity index (χ2n) is 9.10. The lowest BCUT2D eigenvalue weighted by atomic mass is 9.59. The number of halogens is 1. The lowest BCUT2D eigenvalue weighted by Crippen LogP contribution is -2.59. The Morgan fingerprint density at radius 2 is 2.15 bits per heavy atom. The highest BCUT2D eigenvalue weighted by Crippen LogP contribution is 2.70. The fourth-order valence-electron chi connectivity index (χ4n) is 6.23. The zero-order chi connectivity index (χ0) is 19.2. The van der Waals surface area contributed by atoms with Crippen LogP contribution in [-0.4, -0.2) is 32.3 Å². The fourth-order valence-corrected chi connectivity index (χ4v) is 6.47. The van der Waals surface area contributed by atoms with Gasteiger partial charge in [-0.2, -0.15) is 0 Å². The number of hydrogen-bond acceptors (Lipinski definition) is 3. The van der Waals surface area contributed by atoms with Crippen LogP contribution in [0.15, 0.2) is 24.3 Å². The van der Waals surface area contributed by atoms with E-state index in [2.05, 4.69) is 25.2 Å². The van der Waals surface area contributed by atoms with E-state index in [1.807, 2.05) is 18.2 Å². The summed E-state index contributed by atoms with van der Waals surface area (Å²) in [6, 6.07) is 8.21. The molecule has 4 rings (SSSR count). The van der Waals surface area contributed by atoms with Crippen LogP contribution in [0.1, 0.15) is 51.2 Å². The van der Waals surface area contributed by atoms with Crippen molar-refractivity contribution < 1.29 is 14.3 Å². The van der Waals surface area contributed by atoms with Gasteiger partial charge in [0.2, 0.25) is 5.91 Å². The summed E-state index contributed by atoms with van der Waals surface area (Å²) in [5.41, 5.74) is 1.29. The summed E-state index contributed by atoms with van der Waals surface area (Å²) in [5.74, 6) is 1.09. The second-order valence-corrected chi connectivity index (χ2v) is 9.51. The minimum absolute atomic E-state index is 0.0203. The van der Waals surface area contributed by atoms with Crippen molar-refractivity contribution in [3.63, 3.8) is 0 Å². The van der Waals surface area contributed by atoms with Gasteiger partial charge in [-0.3, -0.25) is 4.79 Å². The first-order valence-corrected chi connectivity index (χ1v) is 10.4. The Bertz CT molecular complexity index is 721. The number of carbonyl (C=O) groups excluding carboxylic acids is 1. The summed E-state index contributed by atoms with van der Waals surface area (Å²) < 4.78 is 11.4. The lowest BCUT2D eigenvalue weighted by Gasteiger charge is -2.53. The van der Waals surface area contributed by atoms with Crippen LogP contribution in [-0.2, 0) is 14.3 Å². The van der Waals surface area contributed by atoms with E-state index in [9.17, 15) is 4.79 Å². The number of hydrogen-bond donors (Lipinski definition) is 1. The smallest absolute Gasteiger partial charge is 0.222 e. The minimum atomic E-state index is 0.0203. The molecule has 0 unspecified atom stereocenters. The van der Waals surface area contributed by atoms with E-state index < -0.39 is 0 Å². The molecular formula is C22H30ClNO3. The molecule has 1 aliphatic heterocycles. The molecule has 3 fully saturated rings. The van der Waals surface area contributed by atoms with Crippen LogP contribution < -0.4 is 5.32 Å². The molecule has 27 heavy (non-hydrogen) atoms. The molecule has 1 heterocycles. The van der Waals surface area contributed by atoms with Crippen LogP contribution in [0.2, 0.25) is 5.02 Å². The van der Waals surface area contributed by atoms with Crippen molar-refractivity contribution in [2.24, 2.45) is 22.7 Å². The van der Waals surface area contributed by atoms with Gasteiger partial charge in [0, 0.05) is 31.2 Å². The average molecular weight is 392 g/mol. The maximum atomic E-state index is 12.6. The van der Waals surface area contributed by atoms with Gasteiger partial charge in [-0.25, -0.2) is 0 Å². The molecule has 0 aromatic heterocycles. The average Bonchev–Trinajstić information content (AvgIpc) is 3.13. The fraction of sp³-hybridized carbons (Fsp3) is 0.682. The zero-order valence-corrected chi connectivity index (χ0v) is 17.2. The predicted molar refractivity (Wildman–Crippen MR) is 106 cm³/mol. The molecule has 0 radical (unpaired) electrons. The van der Waals surface area contributed by atoms with Crippen LogP contribution in [0.4, 0.5) is 0 Å². The third-order valence-corrected chi connectivity index (χ3v) is 7.90. The number of methoxy groups -OCH3 is 1. The number of benzene rings is 1. The first-order chi connectivity index (χ1) is 12.9. The highest BCUT2D eigenvalue weighted by atomic mass is 35.5. The number of carbonyl (C=O) groups is 1. The molecule has 4 nitrogen and oxygen atoms in total. The van der Waals surface area contributed by atoms with Gasteiger partial charge in [0.15, 0.2) is 0 Å². The summed E-state index contributed by atoms with van der Waals surface area (Å²) in [6.45, 7) is 5.83. The van der Waals surface area contributed by atoms with Crippen LogP contribution >= 0.6 is 11.6 Å². The molecule has 2 saturated carbocycles. The van der Waals surface area contributed by atoms with Crippen molar-refractivity contribution in [1.82, 2.24) is 5.32 Å². The Balaban J connectivity index is 1.64. The molecule has 1 aromatic rings. The summed E-state index contributed by atoms with van der Waals surface area (Å²) in [7, 11) is 1.64. The van der Waals surface area contributed by atoms with Gasteiger partial charge in [-0.05, 0) is 53.6 Å². The number of ether oxygens (including phenoxy) is 2. The maximum Gasteiger partial charge on any atom is 0.222 e. The van der Waals surface area contributed by atoms with Crippen molar-refractivity contribution in [2.75, 3.05) is 20.3 Å². The molecule has 1 amide bonds. The first-order valence-electron chi connectivity index (χ1n) is 10.0. The second kappa shape index (κ2) is 7.06. The maximum absolute atomic E-state index is 12.6. The Hall–Kier alpha value is -1.10. The topological polar surface area (TPSA) is 47.6 Å². The van der Waals surface area contributed by atoms with E-state index in [1.165, 1.54) is 6.42 Å². The van der Waals surface area contributed by atoms with Crippen molar-refractivity contribution in [3.8, 4) is 0 Å². The number of amides is 1. The Labute approximate surface area is 166 Å². The molecule has 2 bridgehead atoms. The van der Waals surface area contributed by atoms with E-state index in [0.29, 0.717) is 24.9 Å². The van der Waals surface area contributed by atoms with Gasteiger partial charge in [-0.1, -0.05) is 43.6 Å². The monoisotopic (exact) mass is 391 g/mol. The molecule has 5 atom stereocenters. The van der Waals surface area contributed by atoms with E-state index in [-0.39, 0.29) is 28.9 Å². The lowest BCUT2D eigenvalue weighted by molar-refractivity contribution is -0.137. The van der Waals surface area contributed by atoms with Crippen LogP contribution in [0.3, 0.4) is 0 Å². The minimum Gasteiger partial charge on any atom is -0.384 e. The van der Waals surface area contributed by atoms with E-state index in [4.69, 9.17) is 21.1 Å². The third-order valence-electron chi connectivity index (χ3n) is 7.56. The quantitative estimate of drug-likeness (QED) is 0.810. The summed E-state index contributed by atoms with van der Waals surface area (Å²) in [6.07, 6.45) is 3.76. The molecule has 5 heteroatoms. The zero-order valence-electron chi connectivity index (χ0n) is 16.5. The van der Waals surface area contributed by atoms with Gasteiger partial charge in [0.05, 0.1) is 12.7 Å². The number of fused-ring (bicyclic) bond motifs is 1. The van der Waals surface area contributed by atoms with E-state index in [1.54, 1.807) is 7.11 Å². The Morgan fingerprint density at radius 3 is 2.89 bits per heavy atom. The van der Waals surface area contributed by atoms with Gasteiger partial charge < -0.3 is 14.8 Å². The first kappa shape index (κ1) is 19.2. The SMILES string of the molecule is COCCC(=O)N[C@@H]1C(C)(C)[C@@H]2C[C@@H]3[C@@H](c4ccccc4Cl)OCC[C@@]31C2. The standard InChI is InChI=1S/C22H30ClNO3/c1-21(2)14-12-16-19(15-6-4-5-7-17(15)23)27-11-9-22(16,13-14)20(21)24-18(25)8-10-26-3/h4-7,14,16,19-20H,8-13H2,1-3H3,(H,24,25)/t14-,16-,19-,20-,22-/m1/s1. The molecule has 148 valence electrons. The molecule has 1 N–H and O–H groups in total. The van der Waals surface area contributed by atoms with Gasteiger partial charge in [0.25, 0.3) is 0 Å². The van der Waals surface area contributed by atoms with E-state index >= 15 is 0 Å². The van der Waals surface area contributed by atoms with Gasteiger partial charge in [-0.15, -0.1) is 0 Å². The predicted octanol–water partition coefficient (Wildman–Crippen LogP) is 4.38. The summed E-state index contributed by atoms with van der Waals surface area (Å²) in [5, 5.41) is 4.18. The van der Waals surface area contributed by atoms with Crippen LogP contribution in [0, 0.1) is 22.7 Å². The highest BCUT2D eigenvalue weighted by molar-refractivity contribution is 6.31. The third kappa shape index (κ3) is 3.01. The van der Waals surface area contributed by atoms with Crippen LogP contribution in [0.25, 0.3) is 0 Å². The molecule has 1 spiro atoms. The molecule has 1 saturated heterocycles. The molecule has 2 aliphatic carbocycles. The van der Waals surface area contributed by atoms with Crippen molar-refractivity contribution in [1.29, 1.82) is 0 Å². The van der Waals surface area contributed by atoms with Gasteiger partial charge >= 0.3 is 0 Å². The molecule has 1 aromatic carbocycles. The van der Waals surface area contributed by atoms with Crippen molar-refractivity contribution >= 4 is 17.5 Å². The number of rotatable bonds is 5. The highest BCUT2D eigenvalue weighted by Gasteiger charge is 2.68. The molecule has 3 aliphatic rings. The normalized spacial score (nSPS) is 36.4.